The molecule has 2 N–H and O–H groups in total. The molecule has 33 heavy (non-hydrogen) atoms. The van der Waals surface area contributed by atoms with Crippen LogP contribution in [0.1, 0.15) is 29.9 Å². The summed E-state index contributed by atoms with van der Waals surface area (Å²) in [7, 11) is 0. The van der Waals surface area contributed by atoms with E-state index in [0.717, 1.165) is 22.9 Å². The van der Waals surface area contributed by atoms with E-state index in [4.69, 9.17) is 4.74 Å². The standard InChI is InChI=1S/C21H19F6N3O3/c1-19(2,10-31)29-18(32)15-9-30-8-12(21(25,26)27)7-14(17(30)28-15)13-5-3-4-6-16(13)33-11-20(22,23)24/h3-9,31H,10-11H2,1-2H3,(H,29,32). The lowest BCUT2D eigenvalue weighted by Crippen LogP contribution is -2.46. The van der Waals surface area contributed by atoms with Gasteiger partial charge in [-0.25, -0.2) is 4.98 Å². The SMILES string of the molecule is CC(C)(CO)NC(=O)c1cn2cc(C(F)(F)F)cc(-c3ccccc3OCC(F)(F)F)c2n1. The maximum Gasteiger partial charge on any atom is 0.422 e. The molecular formula is C21H19F6N3O3. The van der Waals surface area contributed by atoms with Crippen LogP contribution in [-0.2, 0) is 6.18 Å². The van der Waals surface area contributed by atoms with Gasteiger partial charge in [0.25, 0.3) is 5.91 Å². The summed E-state index contributed by atoms with van der Waals surface area (Å²) in [5.41, 5.74) is -2.71. The second-order valence-electron chi connectivity index (χ2n) is 7.89. The highest BCUT2D eigenvalue weighted by molar-refractivity contribution is 5.94. The van der Waals surface area contributed by atoms with E-state index in [-0.39, 0.29) is 28.2 Å². The summed E-state index contributed by atoms with van der Waals surface area (Å²) < 4.78 is 84.3. The molecule has 0 unspecified atom stereocenters. The number of hydrogen-bond acceptors (Lipinski definition) is 4. The highest BCUT2D eigenvalue weighted by Gasteiger charge is 2.33. The molecule has 3 aromatic rings. The van der Waals surface area contributed by atoms with Crippen molar-refractivity contribution < 1.29 is 41.0 Å². The largest absolute Gasteiger partial charge is 0.483 e. The Morgan fingerprint density at radius 2 is 1.76 bits per heavy atom. The van der Waals surface area contributed by atoms with Crippen molar-refractivity contribution >= 4 is 11.6 Å². The minimum absolute atomic E-state index is 0.0638. The highest BCUT2D eigenvalue weighted by Crippen LogP contribution is 2.38. The lowest BCUT2D eigenvalue weighted by molar-refractivity contribution is -0.153. The molecule has 0 saturated carbocycles. The van der Waals surface area contributed by atoms with E-state index in [1.165, 1.54) is 38.1 Å². The zero-order chi connectivity index (χ0) is 24.6. The Bertz CT molecular complexity index is 1170. The van der Waals surface area contributed by atoms with E-state index in [1.54, 1.807) is 0 Å². The van der Waals surface area contributed by atoms with Crippen molar-refractivity contribution in [3.63, 3.8) is 0 Å². The first-order chi connectivity index (χ1) is 15.2. The Balaban J connectivity index is 2.17. The molecule has 2 heterocycles. The van der Waals surface area contributed by atoms with Gasteiger partial charge >= 0.3 is 12.4 Å². The van der Waals surface area contributed by atoms with Crippen molar-refractivity contribution in [3.05, 3.63) is 54.0 Å². The molecule has 0 radical (unpaired) electrons. The Labute approximate surface area is 183 Å². The normalized spacial score (nSPS) is 12.8. The summed E-state index contributed by atoms with van der Waals surface area (Å²) in [5, 5.41) is 11.8. The number of halogens is 6. The molecule has 1 aromatic carbocycles. The van der Waals surface area contributed by atoms with Gasteiger partial charge in [-0.3, -0.25) is 4.79 Å². The zero-order valence-electron chi connectivity index (χ0n) is 17.4. The molecule has 3 rings (SSSR count). The maximum absolute atomic E-state index is 13.5. The van der Waals surface area contributed by atoms with Crippen LogP contribution in [0.15, 0.2) is 42.7 Å². The summed E-state index contributed by atoms with van der Waals surface area (Å²) in [6, 6.07) is 6.02. The number of aliphatic hydroxyl groups excluding tert-OH is 1. The fourth-order valence-electron chi connectivity index (χ4n) is 2.95. The second kappa shape index (κ2) is 8.58. The molecule has 0 spiro atoms. The number of rotatable bonds is 6. The van der Waals surface area contributed by atoms with Crippen molar-refractivity contribution in [3.8, 4) is 16.9 Å². The number of para-hydroxylation sites is 1. The van der Waals surface area contributed by atoms with Gasteiger partial charge in [-0.05, 0) is 26.0 Å². The van der Waals surface area contributed by atoms with Gasteiger partial charge < -0.3 is 19.6 Å². The number of hydrogen-bond donors (Lipinski definition) is 2. The molecule has 2 aromatic heterocycles. The van der Waals surface area contributed by atoms with Gasteiger partial charge in [0.05, 0.1) is 17.7 Å². The molecule has 0 aliphatic rings. The number of alkyl halides is 6. The molecule has 0 bridgehead atoms. The van der Waals surface area contributed by atoms with Gasteiger partial charge in [0.1, 0.15) is 17.1 Å². The first-order valence-corrected chi connectivity index (χ1v) is 9.52. The van der Waals surface area contributed by atoms with Gasteiger partial charge in [-0.2, -0.15) is 26.3 Å². The van der Waals surface area contributed by atoms with Crippen LogP contribution < -0.4 is 10.1 Å². The van der Waals surface area contributed by atoms with E-state index in [1.807, 2.05) is 0 Å². The van der Waals surface area contributed by atoms with Gasteiger partial charge in [0, 0.05) is 23.5 Å². The Morgan fingerprint density at radius 3 is 2.36 bits per heavy atom. The van der Waals surface area contributed by atoms with Crippen molar-refractivity contribution in [2.24, 2.45) is 0 Å². The lowest BCUT2D eigenvalue weighted by atomic mass is 10.0. The first-order valence-electron chi connectivity index (χ1n) is 9.52. The van der Waals surface area contributed by atoms with Crippen LogP contribution in [0, 0.1) is 0 Å². The molecule has 0 atom stereocenters. The van der Waals surface area contributed by atoms with Crippen LogP contribution in [-0.4, -0.2) is 45.3 Å². The average molecular weight is 475 g/mol. The van der Waals surface area contributed by atoms with E-state index >= 15 is 0 Å². The smallest absolute Gasteiger partial charge is 0.422 e. The number of nitrogens with one attached hydrogen (secondary N) is 1. The van der Waals surface area contributed by atoms with Gasteiger partial charge in [-0.15, -0.1) is 0 Å². The number of nitrogens with zero attached hydrogens (tertiary/aromatic N) is 2. The highest BCUT2D eigenvalue weighted by atomic mass is 19.4. The number of benzene rings is 1. The number of pyridine rings is 1. The van der Waals surface area contributed by atoms with Crippen LogP contribution in [0.4, 0.5) is 26.3 Å². The Kier molecular flexibility index (Phi) is 6.33. The van der Waals surface area contributed by atoms with E-state index in [0.29, 0.717) is 0 Å². The summed E-state index contributed by atoms with van der Waals surface area (Å²) in [4.78, 5) is 16.6. The monoisotopic (exact) mass is 475 g/mol. The van der Waals surface area contributed by atoms with Crippen molar-refractivity contribution in [2.45, 2.75) is 31.7 Å². The summed E-state index contributed by atoms with van der Waals surface area (Å²) in [5.74, 6) is -1.05. The molecule has 12 heteroatoms. The third-order valence-electron chi connectivity index (χ3n) is 4.53. The molecule has 6 nitrogen and oxygen atoms in total. The minimum atomic E-state index is -4.78. The minimum Gasteiger partial charge on any atom is -0.483 e. The predicted molar refractivity (Wildman–Crippen MR) is 106 cm³/mol. The summed E-state index contributed by atoms with van der Waals surface area (Å²) >= 11 is 0. The molecule has 178 valence electrons. The fraction of sp³-hybridized carbons (Fsp3) is 0.333. The number of ether oxygens (including phenoxy) is 1. The van der Waals surface area contributed by atoms with Gasteiger partial charge in [0.15, 0.2) is 6.61 Å². The number of carbonyl (C=O) groups is 1. The van der Waals surface area contributed by atoms with Crippen LogP contribution in [0.25, 0.3) is 16.8 Å². The Hall–Kier alpha value is -3.28. The topological polar surface area (TPSA) is 75.9 Å². The molecule has 0 fully saturated rings. The van der Waals surface area contributed by atoms with Crippen molar-refractivity contribution in [2.75, 3.05) is 13.2 Å². The number of fused-ring (bicyclic) bond motifs is 1. The third kappa shape index (κ3) is 5.75. The predicted octanol–water partition coefficient (Wildman–Crippen LogP) is 4.46. The maximum atomic E-state index is 13.5. The zero-order valence-corrected chi connectivity index (χ0v) is 17.4. The van der Waals surface area contributed by atoms with E-state index in [9.17, 15) is 36.2 Å². The van der Waals surface area contributed by atoms with E-state index in [2.05, 4.69) is 10.3 Å². The molecule has 0 aliphatic carbocycles. The van der Waals surface area contributed by atoms with Gasteiger partial charge in [0.2, 0.25) is 0 Å². The summed E-state index contributed by atoms with van der Waals surface area (Å²) in [6.07, 6.45) is -7.65. The third-order valence-corrected chi connectivity index (χ3v) is 4.53. The second-order valence-corrected chi connectivity index (χ2v) is 7.89. The van der Waals surface area contributed by atoms with Crippen molar-refractivity contribution in [1.29, 1.82) is 0 Å². The number of imidazole rings is 1. The lowest BCUT2D eigenvalue weighted by Gasteiger charge is -2.22. The molecular weight excluding hydrogens is 456 g/mol. The number of amides is 1. The number of aliphatic hydroxyl groups is 1. The Morgan fingerprint density at radius 1 is 1.09 bits per heavy atom. The molecule has 0 saturated heterocycles. The summed E-state index contributed by atoms with van der Waals surface area (Å²) in [6.45, 7) is 1.02. The average Bonchev–Trinajstić information content (AvgIpc) is 3.15. The first kappa shape index (κ1) is 24.4. The van der Waals surface area contributed by atoms with Crippen LogP contribution in [0.3, 0.4) is 0 Å². The van der Waals surface area contributed by atoms with Crippen molar-refractivity contribution in [1.82, 2.24) is 14.7 Å². The molecule has 1 amide bonds. The fourth-order valence-corrected chi connectivity index (χ4v) is 2.95. The van der Waals surface area contributed by atoms with E-state index < -0.39 is 42.6 Å². The van der Waals surface area contributed by atoms with Crippen LogP contribution in [0.2, 0.25) is 0 Å². The van der Waals surface area contributed by atoms with Crippen LogP contribution >= 0.6 is 0 Å². The van der Waals surface area contributed by atoms with Gasteiger partial charge in [-0.1, -0.05) is 18.2 Å². The number of carbonyl (C=O) groups excluding carboxylic acids is 1. The van der Waals surface area contributed by atoms with Crippen LogP contribution in [0.5, 0.6) is 5.75 Å². The number of aromatic nitrogens is 2. The quantitative estimate of drug-likeness (QED) is 0.517. The molecule has 0 aliphatic heterocycles.